The van der Waals surface area contributed by atoms with Gasteiger partial charge in [0.2, 0.25) is 5.82 Å². The van der Waals surface area contributed by atoms with Gasteiger partial charge in [0, 0.05) is 30.4 Å². The number of rotatable bonds is 7. The Hall–Kier alpha value is -3.62. The minimum absolute atomic E-state index is 0.139. The maximum atomic E-state index is 12.0. The molecule has 3 rings (SSSR count). The first kappa shape index (κ1) is 20.1. The Morgan fingerprint density at radius 2 is 2.03 bits per heavy atom. The van der Waals surface area contributed by atoms with Crippen molar-refractivity contribution in [1.29, 1.82) is 0 Å². The molecule has 0 radical (unpaired) electrons. The van der Waals surface area contributed by atoms with Crippen molar-refractivity contribution >= 4 is 12.0 Å². The summed E-state index contributed by atoms with van der Waals surface area (Å²) in [5.74, 6) is 1.17. The highest BCUT2D eigenvalue weighted by Gasteiger charge is 2.15. The molecule has 2 aromatic heterocycles. The molecule has 0 atom stereocenters. The lowest BCUT2D eigenvalue weighted by Gasteiger charge is -2.07. The summed E-state index contributed by atoms with van der Waals surface area (Å²) >= 11 is 0. The molecule has 0 aliphatic heterocycles. The van der Waals surface area contributed by atoms with Crippen molar-refractivity contribution in [2.75, 3.05) is 14.2 Å². The van der Waals surface area contributed by atoms with Gasteiger partial charge in [-0.05, 0) is 32.1 Å². The molecular weight excluding hydrogens is 376 g/mol. The van der Waals surface area contributed by atoms with Crippen LogP contribution in [-0.4, -0.2) is 40.1 Å². The molecule has 0 fully saturated rings. The highest BCUT2D eigenvalue weighted by Crippen LogP contribution is 2.31. The van der Waals surface area contributed by atoms with Crippen LogP contribution >= 0.6 is 0 Å². The molecule has 0 unspecified atom stereocenters. The first-order valence-corrected chi connectivity index (χ1v) is 8.83. The summed E-state index contributed by atoms with van der Waals surface area (Å²) in [5.41, 5.74) is 3.32. The Kier molecular flexibility index (Phi) is 5.96. The van der Waals surface area contributed by atoms with Gasteiger partial charge in [-0.2, -0.15) is 10.1 Å². The van der Waals surface area contributed by atoms with Gasteiger partial charge >= 0.3 is 5.97 Å². The number of nitrogens with zero attached hydrogens (tertiary/aromatic N) is 4. The standard InChI is InChI=1S/C20H22N4O5/c1-12-15(13(2)24(3)22-12)8-9-19(25)28-11-18-21-20(23-29-18)16-7-6-14(26-4)10-17(16)27-5/h6-10H,11H2,1-5H3/b9-8+. The quantitative estimate of drug-likeness (QED) is 0.442. The van der Waals surface area contributed by atoms with Gasteiger partial charge in [-0.1, -0.05) is 5.16 Å². The molecular formula is C20H22N4O5. The van der Waals surface area contributed by atoms with Crippen molar-refractivity contribution in [3.8, 4) is 22.9 Å². The zero-order valence-corrected chi connectivity index (χ0v) is 16.9. The van der Waals surface area contributed by atoms with Gasteiger partial charge in [-0.25, -0.2) is 4.79 Å². The molecule has 0 N–H and O–H groups in total. The maximum Gasteiger partial charge on any atom is 0.331 e. The molecule has 0 bridgehead atoms. The number of carbonyl (C=O) groups excluding carboxylic acids is 1. The van der Waals surface area contributed by atoms with Crippen LogP contribution in [0.1, 0.15) is 22.8 Å². The van der Waals surface area contributed by atoms with Crippen LogP contribution < -0.4 is 9.47 Å². The zero-order chi connectivity index (χ0) is 21.0. The van der Waals surface area contributed by atoms with Gasteiger partial charge in [0.15, 0.2) is 6.61 Å². The van der Waals surface area contributed by atoms with E-state index in [1.807, 2.05) is 20.9 Å². The lowest BCUT2D eigenvalue weighted by Crippen LogP contribution is -2.01. The van der Waals surface area contributed by atoms with Gasteiger partial charge in [-0.15, -0.1) is 0 Å². The summed E-state index contributed by atoms with van der Waals surface area (Å²) in [7, 11) is 4.96. The van der Waals surface area contributed by atoms with Gasteiger partial charge < -0.3 is 18.7 Å². The number of ether oxygens (including phenoxy) is 3. The average Bonchev–Trinajstić information content (AvgIpc) is 3.29. The van der Waals surface area contributed by atoms with Crippen molar-refractivity contribution in [2.24, 2.45) is 7.05 Å². The minimum atomic E-state index is -0.519. The molecule has 0 saturated heterocycles. The fourth-order valence-corrected chi connectivity index (χ4v) is 2.77. The monoisotopic (exact) mass is 398 g/mol. The van der Waals surface area contributed by atoms with Crippen molar-refractivity contribution in [3.63, 3.8) is 0 Å². The number of hydrogen-bond acceptors (Lipinski definition) is 8. The van der Waals surface area contributed by atoms with Gasteiger partial charge in [-0.3, -0.25) is 4.68 Å². The van der Waals surface area contributed by atoms with Gasteiger partial charge in [0.25, 0.3) is 5.89 Å². The first-order valence-electron chi connectivity index (χ1n) is 8.83. The number of esters is 1. The fourth-order valence-electron chi connectivity index (χ4n) is 2.77. The Balaban J connectivity index is 1.65. The molecule has 1 aromatic carbocycles. The Labute approximate surface area is 167 Å². The third-order valence-electron chi connectivity index (χ3n) is 4.41. The lowest BCUT2D eigenvalue weighted by molar-refractivity contribution is -0.139. The van der Waals surface area contributed by atoms with Crippen LogP contribution in [0.4, 0.5) is 0 Å². The van der Waals surface area contributed by atoms with Crippen LogP contribution in [0.25, 0.3) is 17.5 Å². The average molecular weight is 398 g/mol. The van der Waals surface area contributed by atoms with Crippen LogP contribution in [0.15, 0.2) is 28.8 Å². The number of benzene rings is 1. The fraction of sp³-hybridized carbons (Fsp3) is 0.300. The van der Waals surface area contributed by atoms with E-state index in [1.54, 1.807) is 43.2 Å². The van der Waals surface area contributed by atoms with E-state index >= 15 is 0 Å². The molecule has 0 aliphatic rings. The second kappa shape index (κ2) is 8.59. The van der Waals surface area contributed by atoms with E-state index in [9.17, 15) is 4.79 Å². The number of methoxy groups -OCH3 is 2. The number of aryl methyl sites for hydroxylation is 2. The molecule has 152 valence electrons. The Bertz CT molecular complexity index is 1050. The van der Waals surface area contributed by atoms with E-state index in [2.05, 4.69) is 15.2 Å². The highest BCUT2D eigenvalue weighted by molar-refractivity contribution is 5.87. The minimum Gasteiger partial charge on any atom is -0.497 e. The van der Waals surface area contributed by atoms with E-state index in [4.69, 9.17) is 18.7 Å². The van der Waals surface area contributed by atoms with Crippen LogP contribution in [0, 0.1) is 13.8 Å². The highest BCUT2D eigenvalue weighted by atomic mass is 16.6. The Morgan fingerprint density at radius 1 is 1.24 bits per heavy atom. The number of carbonyl (C=O) groups is 1. The predicted octanol–water partition coefficient (Wildman–Crippen LogP) is 2.86. The van der Waals surface area contributed by atoms with Gasteiger partial charge in [0.05, 0.1) is 25.5 Å². The third kappa shape index (κ3) is 4.45. The molecule has 0 spiro atoms. The lowest BCUT2D eigenvalue weighted by atomic mass is 10.2. The van der Waals surface area contributed by atoms with Crippen molar-refractivity contribution in [3.05, 3.63) is 47.1 Å². The van der Waals surface area contributed by atoms with E-state index in [-0.39, 0.29) is 12.5 Å². The largest absolute Gasteiger partial charge is 0.497 e. The molecule has 0 saturated carbocycles. The second-order valence-electron chi connectivity index (χ2n) is 6.23. The van der Waals surface area contributed by atoms with E-state index in [1.165, 1.54) is 6.08 Å². The summed E-state index contributed by atoms with van der Waals surface area (Å²) in [4.78, 5) is 16.3. The SMILES string of the molecule is COc1ccc(-c2noc(COC(=O)/C=C/c3c(C)nn(C)c3C)n2)c(OC)c1. The van der Waals surface area contributed by atoms with E-state index in [0.717, 1.165) is 17.0 Å². The van der Waals surface area contributed by atoms with Crippen LogP contribution in [0.5, 0.6) is 11.5 Å². The summed E-state index contributed by atoms with van der Waals surface area (Å²) in [6, 6.07) is 5.25. The topological polar surface area (TPSA) is 102 Å². The normalized spacial score (nSPS) is 11.1. The van der Waals surface area contributed by atoms with E-state index < -0.39 is 5.97 Å². The number of aromatic nitrogens is 4. The summed E-state index contributed by atoms with van der Waals surface area (Å²) < 4.78 is 22.6. The first-order chi connectivity index (χ1) is 13.9. The smallest absolute Gasteiger partial charge is 0.331 e. The van der Waals surface area contributed by atoms with Gasteiger partial charge in [0.1, 0.15) is 11.5 Å². The second-order valence-corrected chi connectivity index (χ2v) is 6.23. The van der Waals surface area contributed by atoms with Crippen molar-refractivity contribution < 1.29 is 23.5 Å². The van der Waals surface area contributed by atoms with Crippen LogP contribution in [-0.2, 0) is 23.2 Å². The maximum absolute atomic E-state index is 12.0. The van der Waals surface area contributed by atoms with Crippen LogP contribution in [0.2, 0.25) is 0 Å². The molecule has 3 aromatic rings. The summed E-state index contributed by atoms with van der Waals surface area (Å²) in [6.07, 6.45) is 3.03. The Morgan fingerprint density at radius 3 is 2.69 bits per heavy atom. The molecule has 29 heavy (non-hydrogen) atoms. The third-order valence-corrected chi connectivity index (χ3v) is 4.41. The molecule has 9 heteroatoms. The summed E-state index contributed by atoms with van der Waals surface area (Å²) in [6.45, 7) is 3.67. The molecule has 0 aliphatic carbocycles. The summed E-state index contributed by atoms with van der Waals surface area (Å²) in [5, 5.41) is 8.22. The predicted molar refractivity (Wildman–Crippen MR) is 104 cm³/mol. The number of hydrogen-bond donors (Lipinski definition) is 0. The molecule has 9 nitrogen and oxygen atoms in total. The zero-order valence-electron chi connectivity index (χ0n) is 16.9. The molecule has 2 heterocycles. The van der Waals surface area contributed by atoms with Crippen molar-refractivity contribution in [1.82, 2.24) is 19.9 Å². The van der Waals surface area contributed by atoms with E-state index in [0.29, 0.717) is 22.9 Å². The van der Waals surface area contributed by atoms with Crippen LogP contribution in [0.3, 0.4) is 0 Å². The van der Waals surface area contributed by atoms with Crippen molar-refractivity contribution in [2.45, 2.75) is 20.5 Å². The molecule has 0 amide bonds.